The first-order valence-corrected chi connectivity index (χ1v) is 11.5. The summed E-state index contributed by atoms with van der Waals surface area (Å²) in [6, 6.07) is 17.6. The Kier molecular flexibility index (Phi) is 6.06. The third-order valence-electron chi connectivity index (χ3n) is 6.07. The van der Waals surface area contributed by atoms with Gasteiger partial charge in [-0.3, -0.25) is 0 Å². The maximum absolute atomic E-state index is 8.95. The summed E-state index contributed by atoms with van der Waals surface area (Å²) in [6.07, 6.45) is 3.89. The third kappa shape index (κ3) is 4.80. The van der Waals surface area contributed by atoms with Gasteiger partial charge in [-0.15, -0.1) is 0 Å². The summed E-state index contributed by atoms with van der Waals surface area (Å²) in [5.41, 5.74) is 4.06. The Balaban J connectivity index is 1.44. The fourth-order valence-electron chi connectivity index (χ4n) is 3.98. The molecule has 1 saturated carbocycles. The molecule has 0 radical (unpaired) electrons. The van der Waals surface area contributed by atoms with E-state index in [9.17, 15) is 0 Å². The highest BCUT2D eigenvalue weighted by Crippen LogP contribution is 2.41. The molecule has 1 atom stereocenters. The highest BCUT2D eigenvalue weighted by Gasteiger charge is 2.28. The van der Waals surface area contributed by atoms with Gasteiger partial charge in [0.1, 0.15) is 23.4 Å². The molecule has 0 unspecified atom stereocenters. The highest BCUT2D eigenvalue weighted by molar-refractivity contribution is 5.92. The van der Waals surface area contributed by atoms with Gasteiger partial charge in [-0.25, -0.2) is 15.0 Å². The fraction of sp³-hybridized carbons (Fsp3) is 0.259. The van der Waals surface area contributed by atoms with Crippen molar-refractivity contribution in [1.29, 1.82) is 5.26 Å². The van der Waals surface area contributed by atoms with Crippen LogP contribution in [0.5, 0.6) is 11.5 Å². The van der Waals surface area contributed by atoms with Crippen molar-refractivity contribution in [2.45, 2.75) is 31.7 Å². The van der Waals surface area contributed by atoms with Crippen LogP contribution in [-0.2, 0) is 0 Å². The van der Waals surface area contributed by atoms with Gasteiger partial charge in [0.05, 0.1) is 37.7 Å². The molecular formula is C27H26N6O2. The van der Waals surface area contributed by atoms with Crippen molar-refractivity contribution in [3.8, 4) is 17.6 Å². The van der Waals surface area contributed by atoms with Crippen molar-refractivity contribution in [3.63, 3.8) is 0 Å². The quantitative estimate of drug-likeness (QED) is 0.340. The summed E-state index contributed by atoms with van der Waals surface area (Å²) in [4.78, 5) is 13.8. The predicted molar refractivity (Wildman–Crippen MR) is 135 cm³/mol. The number of methoxy groups -OCH3 is 2. The smallest absolute Gasteiger partial charge is 0.162 e. The molecule has 2 heterocycles. The van der Waals surface area contributed by atoms with Crippen LogP contribution in [-0.4, -0.2) is 29.2 Å². The maximum atomic E-state index is 8.95. The number of nitrogens with zero attached hydrogens (tertiary/aromatic N) is 4. The molecular weight excluding hydrogens is 440 g/mol. The van der Waals surface area contributed by atoms with E-state index < -0.39 is 0 Å². The minimum atomic E-state index is -0.0194. The second-order valence-corrected chi connectivity index (χ2v) is 8.59. The number of hydrogen-bond donors (Lipinski definition) is 2. The van der Waals surface area contributed by atoms with Crippen LogP contribution >= 0.6 is 0 Å². The molecule has 8 nitrogen and oxygen atoms in total. The van der Waals surface area contributed by atoms with Crippen molar-refractivity contribution in [1.82, 2.24) is 15.0 Å². The Bertz CT molecular complexity index is 1410. The lowest BCUT2D eigenvalue weighted by atomic mass is 10.1. The van der Waals surface area contributed by atoms with Crippen LogP contribution in [0.2, 0.25) is 0 Å². The van der Waals surface area contributed by atoms with Crippen molar-refractivity contribution in [2.24, 2.45) is 0 Å². The fourth-order valence-corrected chi connectivity index (χ4v) is 3.98. The summed E-state index contributed by atoms with van der Waals surface area (Å²) in [5.74, 6) is 3.34. The summed E-state index contributed by atoms with van der Waals surface area (Å²) in [5, 5.41) is 16.8. The van der Waals surface area contributed by atoms with E-state index in [1.807, 2.05) is 36.4 Å². The first-order chi connectivity index (χ1) is 17.1. The SMILES string of the molecule is COc1cc2nc(C3CC3)nc(N[C@H](C)c3cccc(Nc4ccc(C#N)nc4)c3)c2cc1OC. The van der Waals surface area contributed by atoms with Crippen LogP contribution in [0.4, 0.5) is 17.2 Å². The summed E-state index contributed by atoms with van der Waals surface area (Å²) >= 11 is 0. The van der Waals surface area contributed by atoms with Crippen LogP contribution in [0.1, 0.15) is 48.8 Å². The molecule has 1 aliphatic rings. The van der Waals surface area contributed by atoms with Gasteiger partial charge in [-0.1, -0.05) is 12.1 Å². The number of fused-ring (bicyclic) bond motifs is 1. The second kappa shape index (κ2) is 9.47. The summed E-state index contributed by atoms with van der Waals surface area (Å²) in [6.45, 7) is 2.11. The van der Waals surface area contributed by atoms with Crippen molar-refractivity contribution in [3.05, 3.63) is 71.8 Å². The zero-order valence-corrected chi connectivity index (χ0v) is 19.9. The largest absolute Gasteiger partial charge is 0.493 e. The van der Waals surface area contributed by atoms with Gasteiger partial charge in [-0.2, -0.15) is 5.26 Å². The monoisotopic (exact) mass is 466 g/mol. The lowest BCUT2D eigenvalue weighted by molar-refractivity contribution is 0.356. The van der Waals surface area contributed by atoms with Crippen LogP contribution in [0, 0.1) is 11.3 Å². The van der Waals surface area contributed by atoms with Crippen LogP contribution < -0.4 is 20.1 Å². The van der Waals surface area contributed by atoms with Gasteiger partial charge in [-0.05, 0) is 55.7 Å². The van der Waals surface area contributed by atoms with E-state index in [2.05, 4.69) is 34.7 Å². The Labute approximate surface area is 204 Å². The average molecular weight is 467 g/mol. The molecule has 0 saturated heterocycles. The topological polar surface area (TPSA) is 105 Å². The lowest BCUT2D eigenvalue weighted by Gasteiger charge is -2.19. The summed E-state index contributed by atoms with van der Waals surface area (Å²) < 4.78 is 11.0. The number of rotatable bonds is 8. The Morgan fingerprint density at radius 2 is 1.80 bits per heavy atom. The van der Waals surface area contributed by atoms with E-state index in [0.29, 0.717) is 23.1 Å². The number of anilines is 3. The van der Waals surface area contributed by atoms with Gasteiger partial charge >= 0.3 is 0 Å². The normalized spacial score (nSPS) is 13.7. The third-order valence-corrected chi connectivity index (χ3v) is 6.07. The molecule has 8 heteroatoms. The van der Waals surface area contributed by atoms with Gasteiger partial charge in [0, 0.05) is 23.1 Å². The first-order valence-electron chi connectivity index (χ1n) is 11.5. The molecule has 2 N–H and O–H groups in total. The van der Waals surface area contributed by atoms with Gasteiger partial charge < -0.3 is 20.1 Å². The maximum Gasteiger partial charge on any atom is 0.162 e. The lowest BCUT2D eigenvalue weighted by Crippen LogP contribution is -2.10. The van der Waals surface area contributed by atoms with Gasteiger partial charge in [0.2, 0.25) is 0 Å². The molecule has 2 aromatic heterocycles. The van der Waals surface area contributed by atoms with Gasteiger partial charge in [0.15, 0.2) is 11.5 Å². The number of ether oxygens (including phenoxy) is 2. The van der Waals surface area contributed by atoms with E-state index >= 15 is 0 Å². The molecule has 0 aliphatic heterocycles. The van der Waals surface area contributed by atoms with E-state index in [-0.39, 0.29) is 6.04 Å². The molecule has 1 aliphatic carbocycles. The molecule has 176 valence electrons. The highest BCUT2D eigenvalue weighted by atomic mass is 16.5. The van der Waals surface area contributed by atoms with Crippen molar-refractivity contribution in [2.75, 3.05) is 24.9 Å². The minimum absolute atomic E-state index is 0.0194. The van der Waals surface area contributed by atoms with Crippen LogP contribution in [0.15, 0.2) is 54.7 Å². The van der Waals surface area contributed by atoms with Crippen molar-refractivity contribution < 1.29 is 9.47 Å². The van der Waals surface area contributed by atoms with E-state index in [0.717, 1.165) is 52.3 Å². The minimum Gasteiger partial charge on any atom is -0.493 e. The second-order valence-electron chi connectivity index (χ2n) is 8.59. The Hall–Kier alpha value is -4.38. The number of nitriles is 1. The molecule has 0 bridgehead atoms. The number of aromatic nitrogens is 3. The summed E-state index contributed by atoms with van der Waals surface area (Å²) in [7, 11) is 3.25. The first kappa shape index (κ1) is 22.4. The zero-order valence-electron chi connectivity index (χ0n) is 19.9. The van der Waals surface area contributed by atoms with Crippen molar-refractivity contribution >= 4 is 28.1 Å². The molecule has 5 rings (SSSR count). The molecule has 35 heavy (non-hydrogen) atoms. The number of hydrogen-bond acceptors (Lipinski definition) is 8. The van der Waals surface area contributed by atoms with Crippen LogP contribution in [0.3, 0.4) is 0 Å². The van der Waals surface area contributed by atoms with Gasteiger partial charge in [0.25, 0.3) is 0 Å². The van der Waals surface area contributed by atoms with E-state index in [1.54, 1.807) is 26.5 Å². The molecule has 2 aromatic carbocycles. The molecule has 1 fully saturated rings. The molecule has 0 spiro atoms. The zero-order chi connectivity index (χ0) is 24.4. The average Bonchev–Trinajstić information content (AvgIpc) is 3.74. The van der Waals surface area contributed by atoms with E-state index in [1.165, 1.54) is 0 Å². The molecule has 0 amide bonds. The predicted octanol–water partition coefficient (Wildman–Crippen LogP) is 5.71. The number of nitrogens with one attached hydrogen (secondary N) is 2. The standard InChI is InChI=1S/C27H26N6O2/c1-16(18-5-4-6-19(11-18)31-21-10-9-20(14-28)29-15-21)30-27-22-12-24(34-2)25(35-3)13-23(22)32-26(33-27)17-7-8-17/h4-6,9-13,15-17,31H,7-8H2,1-3H3,(H,30,32,33)/t16-/m1/s1. The van der Waals surface area contributed by atoms with E-state index in [4.69, 9.17) is 24.7 Å². The number of benzene rings is 2. The molecule has 4 aromatic rings. The Morgan fingerprint density at radius 1 is 1.00 bits per heavy atom. The van der Waals surface area contributed by atoms with Crippen LogP contribution in [0.25, 0.3) is 10.9 Å². The Morgan fingerprint density at radius 3 is 2.49 bits per heavy atom. The number of pyridine rings is 1.